The van der Waals surface area contributed by atoms with Crippen molar-refractivity contribution in [3.63, 3.8) is 0 Å². The number of ether oxygens (including phenoxy) is 1. The molecular formula is C21H28ClN5O2. The van der Waals surface area contributed by atoms with Crippen LogP contribution in [-0.2, 0) is 11.3 Å². The van der Waals surface area contributed by atoms with Crippen LogP contribution in [0.4, 0.5) is 11.6 Å². The van der Waals surface area contributed by atoms with Crippen molar-refractivity contribution < 1.29 is 4.74 Å². The second-order valence-electron chi connectivity index (χ2n) is 8.00. The van der Waals surface area contributed by atoms with Crippen molar-refractivity contribution in [2.75, 3.05) is 50.0 Å². The molecule has 1 aromatic carbocycles. The molecule has 0 amide bonds. The number of anilines is 2. The maximum atomic E-state index is 12.2. The number of benzene rings is 1. The summed E-state index contributed by atoms with van der Waals surface area (Å²) in [5.74, 6) is 0.889. The molecule has 2 fully saturated rings. The number of hydrogen-bond acceptors (Lipinski definition) is 6. The van der Waals surface area contributed by atoms with Crippen LogP contribution >= 0.6 is 11.6 Å². The number of aromatic amines is 1. The number of nitrogens with zero attached hydrogens (tertiary/aromatic N) is 3. The lowest BCUT2D eigenvalue weighted by molar-refractivity contribution is 0.122. The van der Waals surface area contributed by atoms with Crippen molar-refractivity contribution in [2.24, 2.45) is 0 Å². The topological polar surface area (TPSA) is 87.5 Å². The fourth-order valence-corrected chi connectivity index (χ4v) is 4.42. The number of nitrogens with two attached hydrogens (primary N) is 1. The van der Waals surface area contributed by atoms with Crippen LogP contribution in [0.5, 0.6) is 0 Å². The molecule has 8 heteroatoms. The number of nitrogens with one attached hydrogen (secondary N) is 1. The smallest absolute Gasteiger partial charge is 0.252 e. The highest BCUT2D eigenvalue weighted by Crippen LogP contribution is 2.32. The number of morpholine rings is 1. The van der Waals surface area contributed by atoms with E-state index in [0.717, 1.165) is 72.2 Å². The summed E-state index contributed by atoms with van der Waals surface area (Å²) < 4.78 is 5.40. The summed E-state index contributed by atoms with van der Waals surface area (Å²) in [6.45, 7) is 9.36. The van der Waals surface area contributed by atoms with E-state index in [1.54, 1.807) is 6.07 Å². The lowest BCUT2D eigenvalue weighted by Crippen LogP contribution is -2.38. The van der Waals surface area contributed by atoms with Crippen molar-refractivity contribution >= 4 is 23.2 Å². The number of aromatic nitrogens is 2. The summed E-state index contributed by atoms with van der Waals surface area (Å²) in [6, 6.07) is 3.62. The molecule has 2 aliphatic rings. The Morgan fingerprint density at radius 1 is 1.24 bits per heavy atom. The Balaban J connectivity index is 1.49. The fraction of sp³-hybridized carbons (Fsp3) is 0.524. The van der Waals surface area contributed by atoms with Crippen LogP contribution in [-0.4, -0.2) is 54.3 Å². The Kier molecular flexibility index (Phi) is 5.81. The minimum Gasteiger partial charge on any atom is -0.398 e. The highest BCUT2D eigenvalue weighted by Gasteiger charge is 2.27. The van der Waals surface area contributed by atoms with E-state index in [9.17, 15) is 4.79 Å². The van der Waals surface area contributed by atoms with Gasteiger partial charge in [0.1, 0.15) is 0 Å². The maximum Gasteiger partial charge on any atom is 0.252 e. The molecule has 0 radical (unpaired) electrons. The molecule has 2 saturated heterocycles. The van der Waals surface area contributed by atoms with E-state index < -0.39 is 0 Å². The van der Waals surface area contributed by atoms with E-state index in [2.05, 4.69) is 14.8 Å². The van der Waals surface area contributed by atoms with Crippen molar-refractivity contribution in [3.05, 3.63) is 49.9 Å². The van der Waals surface area contributed by atoms with Crippen LogP contribution in [0.1, 0.15) is 34.7 Å². The minimum atomic E-state index is -0.0971. The second kappa shape index (κ2) is 8.34. The lowest BCUT2D eigenvalue weighted by atomic mass is 10.0. The van der Waals surface area contributed by atoms with Gasteiger partial charge in [0.15, 0.2) is 0 Å². The zero-order chi connectivity index (χ0) is 20.5. The van der Waals surface area contributed by atoms with Crippen molar-refractivity contribution in [1.82, 2.24) is 14.9 Å². The highest BCUT2D eigenvalue weighted by molar-refractivity contribution is 6.31. The third-order valence-electron chi connectivity index (χ3n) is 6.12. The zero-order valence-corrected chi connectivity index (χ0v) is 17.8. The van der Waals surface area contributed by atoms with Crippen LogP contribution < -0.4 is 16.2 Å². The number of hydrogen-bond donors (Lipinski definition) is 2. The van der Waals surface area contributed by atoms with E-state index in [-0.39, 0.29) is 11.5 Å². The first-order chi connectivity index (χ1) is 13.9. The molecular weight excluding hydrogens is 390 g/mol. The summed E-state index contributed by atoms with van der Waals surface area (Å²) in [4.78, 5) is 24.3. The molecule has 4 rings (SSSR count). The van der Waals surface area contributed by atoms with E-state index in [1.165, 1.54) is 0 Å². The molecule has 1 atom stereocenters. The van der Waals surface area contributed by atoms with Gasteiger partial charge in [-0.1, -0.05) is 11.6 Å². The van der Waals surface area contributed by atoms with E-state index >= 15 is 0 Å². The van der Waals surface area contributed by atoms with Crippen LogP contribution in [0.15, 0.2) is 16.9 Å². The second-order valence-corrected chi connectivity index (χ2v) is 8.40. The fourth-order valence-electron chi connectivity index (χ4n) is 4.15. The van der Waals surface area contributed by atoms with Gasteiger partial charge in [-0.2, -0.15) is 0 Å². The molecule has 2 aliphatic heterocycles. The average molecular weight is 418 g/mol. The molecule has 0 saturated carbocycles. The molecule has 0 spiro atoms. The van der Waals surface area contributed by atoms with Crippen LogP contribution in [0.25, 0.3) is 0 Å². The Hall–Kier alpha value is -2.09. The van der Waals surface area contributed by atoms with Gasteiger partial charge >= 0.3 is 0 Å². The number of H-pyrrole nitrogens is 1. The van der Waals surface area contributed by atoms with Crippen molar-refractivity contribution in [1.29, 1.82) is 0 Å². The van der Waals surface area contributed by atoms with E-state index in [0.29, 0.717) is 19.2 Å². The summed E-state index contributed by atoms with van der Waals surface area (Å²) in [5.41, 5.74) is 11.1. The normalized spacial score (nSPS) is 20.4. The van der Waals surface area contributed by atoms with Crippen LogP contribution in [0, 0.1) is 13.8 Å². The van der Waals surface area contributed by atoms with Gasteiger partial charge in [0.05, 0.1) is 18.9 Å². The Morgan fingerprint density at radius 2 is 2.00 bits per heavy atom. The molecule has 3 heterocycles. The quantitative estimate of drug-likeness (QED) is 0.743. The molecule has 3 N–H and O–H groups in total. The van der Waals surface area contributed by atoms with Gasteiger partial charge in [-0.3, -0.25) is 14.7 Å². The minimum absolute atomic E-state index is 0.0971. The van der Waals surface area contributed by atoms with Gasteiger partial charge in [-0.05, 0) is 49.6 Å². The number of rotatable bonds is 4. The van der Waals surface area contributed by atoms with Crippen molar-refractivity contribution in [3.8, 4) is 0 Å². The van der Waals surface area contributed by atoms with Gasteiger partial charge in [0.25, 0.3) is 5.56 Å². The predicted octanol–water partition coefficient (Wildman–Crippen LogP) is 2.45. The van der Waals surface area contributed by atoms with Crippen molar-refractivity contribution in [2.45, 2.75) is 32.7 Å². The first-order valence-electron chi connectivity index (χ1n) is 10.1. The summed E-state index contributed by atoms with van der Waals surface area (Å²) in [5, 5.41) is 0.758. The summed E-state index contributed by atoms with van der Waals surface area (Å²) in [7, 11) is 0. The van der Waals surface area contributed by atoms with E-state index in [1.807, 2.05) is 19.9 Å². The molecule has 29 heavy (non-hydrogen) atoms. The number of nitrogen functional groups attached to an aromatic ring is 1. The zero-order valence-electron chi connectivity index (χ0n) is 17.0. The average Bonchev–Trinajstić information content (AvgIpc) is 3.19. The molecule has 1 aromatic heterocycles. The number of likely N-dealkylation sites (tertiary alicyclic amines) is 1. The highest BCUT2D eigenvalue weighted by atomic mass is 35.5. The largest absolute Gasteiger partial charge is 0.398 e. The first-order valence-corrected chi connectivity index (χ1v) is 10.5. The van der Waals surface area contributed by atoms with E-state index in [4.69, 9.17) is 27.1 Å². The van der Waals surface area contributed by atoms with Crippen LogP contribution in [0.2, 0.25) is 5.02 Å². The van der Waals surface area contributed by atoms with Crippen LogP contribution in [0.3, 0.4) is 0 Å². The Labute approximate surface area is 175 Å². The molecule has 0 bridgehead atoms. The molecule has 7 nitrogen and oxygen atoms in total. The molecule has 2 aromatic rings. The van der Waals surface area contributed by atoms with Gasteiger partial charge in [-0.15, -0.1) is 0 Å². The Bertz CT molecular complexity index is 955. The maximum absolute atomic E-state index is 12.2. The molecule has 156 valence electrons. The van der Waals surface area contributed by atoms with Gasteiger partial charge in [0, 0.05) is 48.9 Å². The number of halogens is 1. The summed E-state index contributed by atoms with van der Waals surface area (Å²) >= 11 is 6.37. The first kappa shape index (κ1) is 20.2. The molecule has 0 unspecified atom stereocenters. The molecule has 0 aliphatic carbocycles. The van der Waals surface area contributed by atoms with Gasteiger partial charge < -0.3 is 15.4 Å². The third-order valence-corrected chi connectivity index (χ3v) is 6.51. The van der Waals surface area contributed by atoms with Gasteiger partial charge in [0.2, 0.25) is 5.95 Å². The standard InChI is InChI=1S/C21H28ClN5O2/c1-13-14(2)20(23)16(9-17(13)22)12-26-4-3-15(11-26)18-10-19(28)25-21(24-18)27-5-7-29-8-6-27/h9-10,15H,3-8,11-12,23H2,1-2H3,(H,24,25,28)/t15-/m1/s1. The predicted molar refractivity (Wildman–Crippen MR) is 116 cm³/mol. The SMILES string of the molecule is Cc1c(Cl)cc(CN2CC[C@@H](c3cc(=O)[nH]c(N4CCOCC4)n3)C2)c(N)c1C. The lowest BCUT2D eigenvalue weighted by Gasteiger charge is -2.27. The monoisotopic (exact) mass is 417 g/mol. The third kappa shape index (κ3) is 4.27. The summed E-state index contributed by atoms with van der Waals surface area (Å²) in [6.07, 6.45) is 0.970. The Morgan fingerprint density at radius 3 is 2.76 bits per heavy atom. The van der Waals surface area contributed by atoms with Gasteiger partial charge in [-0.25, -0.2) is 4.98 Å².